The molecule has 198 valence electrons. The van der Waals surface area contributed by atoms with Crippen LogP contribution >= 0.6 is 0 Å². The number of hydrogen-bond donors (Lipinski definition) is 1. The zero-order chi connectivity index (χ0) is 26.7. The van der Waals surface area contributed by atoms with Gasteiger partial charge in [0.15, 0.2) is 0 Å². The Bertz CT molecular complexity index is 1370. The van der Waals surface area contributed by atoms with Crippen molar-refractivity contribution in [3.8, 4) is 0 Å². The molecule has 4 heterocycles. The van der Waals surface area contributed by atoms with Gasteiger partial charge in [-0.1, -0.05) is 61.6 Å². The van der Waals surface area contributed by atoms with E-state index in [1.54, 1.807) is 11.8 Å². The lowest BCUT2D eigenvalue weighted by Gasteiger charge is -2.40. The van der Waals surface area contributed by atoms with Crippen molar-refractivity contribution in [1.29, 1.82) is 0 Å². The third-order valence-corrected chi connectivity index (χ3v) is 8.62. The van der Waals surface area contributed by atoms with Crippen molar-refractivity contribution < 1.29 is 29.0 Å². The van der Waals surface area contributed by atoms with Crippen molar-refractivity contribution in [2.45, 2.75) is 50.0 Å². The van der Waals surface area contributed by atoms with Gasteiger partial charge < -0.3 is 24.4 Å². The summed E-state index contributed by atoms with van der Waals surface area (Å²) in [5.41, 5.74) is -1.75. The maximum atomic E-state index is 14.5. The molecule has 4 aliphatic rings. The van der Waals surface area contributed by atoms with E-state index in [0.717, 1.165) is 10.8 Å². The molecule has 1 unspecified atom stereocenters. The summed E-state index contributed by atoms with van der Waals surface area (Å²) in [6.07, 6.45) is 8.48. The predicted molar refractivity (Wildman–Crippen MR) is 141 cm³/mol. The first kappa shape index (κ1) is 24.8. The fourth-order valence-corrected chi connectivity index (χ4v) is 6.81. The minimum atomic E-state index is -1.38. The van der Waals surface area contributed by atoms with Gasteiger partial charge in [-0.05, 0) is 42.7 Å². The van der Waals surface area contributed by atoms with Crippen LogP contribution in [0.25, 0.3) is 10.8 Å². The number of carbonyl (C=O) groups excluding carboxylic acids is 3. The number of likely N-dealkylation sites (tertiary alicyclic amines) is 1. The third-order valence-electron chi connectivity index (χ3n) is 8.62. The number of esters is 1. The molecule has 0 bridgehead atoms. The molecule has 0 aromatic heterocycles. The summed E-state index contributed by atoms with van der Waals surface area (Å²) in [7, 11) is 0. The van der Waals surface area contributed by atoms with Crippen LogP contribution in [0.1, 0.15) is 26.7 Å². The molecule has 2 aromatic carbocycles. The molecule has 1 spiro atoms. The van der Waals surface area contributed by atoms with Crippen molar-refractivity contribution in [2.75, 3.05) is 24.7 Å². The van der Waals surface area contributed by atoms with Gasteiger partial charge in [-0.3, -0.25) is 14.4 Å². The Kier molecular flexibility index (Phi) is 5.92. The van der Waals surface area contributed by atoms with Crippen molar-refractivity contribution in [3.63, 3.8) is 0 Å². The number of cyclic esters (lactones) is 1. The molecule has 1 N–H and O–H groups in total. The number of aliphatic hydroxyl groups excluding tert-OH is 1. The van der Waals surface area contributed by atoms with Gasteiger partial charge in [-0.15, -0.1) is 0 Å². The molecular formula is C30H32N2O6. The Balaban J connectivity index is 1.51. The van der Waals surface area contributed by atoms with Crippen LogP contribution in [0, 0.1) is 11.8 Å². The molecule has 6 rings (SSSR count). The van der Waals surface area contributed by atoms with Gasteiger partial charge in [0.25, 0.3) is 5.91 Å². The second kappa shape index (κ2) is 9.06. The van der Waals surface area contributed by atoms with Crippen LogP contribution in [0.5, 0.6) is 0 Å². The fraction of sp³-hybridized carbons (Fsp3) is 0.433. The topological polar surface area (TPSA) is 96.4 Å². The predicted octanol–water partition coefficient (Wildman–Crippen LogP) is 2.99. The number of carbonyl (C=O) groups is 3. The van der Waals surface area contributed by atoms with Gasteiger partial charge in [-0.25, -0.2) is 0 Å². The van der Waals surface area contributed by atoms with E-state index in [1.165, 1.54) is 4.90 Å². The highest BCUT2D eigenvalue weighted by Crippen LogP contribution is 2.58. The van der Waals surface area contributed by atoms with E-state index in [2.05, 4.69) is 0 Å². The van der Waals surface area contributed by atoms with Crippen LogP contribution in [0.4, 0.5) is 5.69 Å². The van der Waals surface area contributed by atoms with Crippen LogP contribution in [0.3, 0.4) is 0 Å². The van der Waals surface area contributed by atoms with Crippen LogP contribution in [0.15, 0.2) is 66.8 Å². The van der Waals surface area contributed by atoms with Crippen molar-refractivity contribution in [2.24, 2.45) is 11.8 Å². The smallest absolute Gasteiger partial charge is 0.313 e. The van der Waals surface area contributed by atoms with Gasteiger partial charge in [0.05, 0.1) is 25.2 Å². The number of hydrogen-bond acceptors (Lipinski definition) is 6. The van der Waals surface area contributed by atoms with Crippen LogP contribution in [0.2, 0.25) is 0 Å². The van der Waals surface area contributed by atoms with E-state index in [4.69, 9.17) is 9.47 Å². The van der Waals surface area contributed by atoms with Crippen molar-refractivity contribution >= 4 is 34.2 Å². The van der Waals surface area contributed by atoms with E-state index in [-0.39, 0.29) is 31.6 Å². The van der Waals surface area contributed by atoms with Gasteiger partial charge >= 0.3 is 5.97 Å². The van der Waals surface area contributed by atoms with Crippen LogP contribution < -0.4 is 4.90 Å². The molecule has 2 fully saturated rings. The normalized spacial score (nSPS) is 33.3. The van der Waals surface area contributed by atoms with Crippen molar-refractivity contribution in [3.05, 3.63) is 66.8 Å². The Labute approximate surface area is 221 Å². The highest BCUT2D eigenvalue weighted by Gasteiger charge is 2.75. The Morgan fingerprint density at radius 2 is 1.82 bits per heavy atom. The van der Waals surface area contributed by atoms with E-state index < -0.39 is 41.1 Å². The van der Waals surface area contributed by atoms with Crippen LogP contribution in [-0.2, 0) is 23.9 Å². The molecule has 2 aromatic rings. The lowest BCUT2D eigenvalue weighted by atomic mass is 9.73. The largest absolute Gasteiger partial charge is 0.465 e. The molecule has 2 amide bonds. The number of benzene rings is 2. The van der Waals surface area contributed by atoms with E-state index in [1.807, 2.05) is 73.7 Å². The molecule has 2 saturated heterocycles. The van der Waals surface area contributed by atoms with Gasteiger partial charge in [0.1, 0.15) is 23.2 Å². The Hall–Kier alpha value is -3.49. The second-order valence-electron chi connectivity index (χ2n) is 10.6. The SMILES string of the molecule is CC[C@]12C=CCCOC(=O)[C@H]1[C@H]1C(=O)N([C@H](C)CO)C3C(=O)N(c4ccc5ccccc5c4)CC=C[C@@]31O2. The van der Waals surface area contributed by atoms with Gasteiger partial charge in [-0.2, -0.15) is 0 Å². The molecule has 8 nitrogen and oxygen atoms in total. The molecular weight excluding hydrogens is 484 g/mol. The first-order chi connectivity index (χ1) is 18.4. The van der Waals surface area contributed by atoms with E-state index in [9.17, 15) is 19.5 Å². The van der Waals surface area contributed by atoms with Gasteiger partial charge in [0, 0.05) is 12.2 Å². The molecule has 6 atom stereocenters. The summed E-state index contributed by atoms with van der Waals surface area (Å²) in [5.74, 6) is -3.02. The maximum Gasteiger partial charge on any atom is 0.313 e. The zero-order valence-electron chi connectivity index (χ0n) is 21.6. The lowest BCUT2D eigenvalue weighted by molar-refractivity contribution is -0.161. The first-order valence-corrected chi connectivity index (χ1v) is 13.3. The van der Waals surface area contributed by atoms with Crippen LogP contribution in [-0.4, -0.2) is 70.8 Å². The number of aliphatic hydroxyl groups is 1. The standard InChI is InChI=1S/C30H32N2O6/c1-3-29-13-6-7-16-37-28(36)24(29)23-26(34)32(19(2)18-33)25-27(35)31(15-8-14-30(23,25)38-29)22-12-11-20-9-4-5-10-21(20)17-22/h4-6,8-14,17,19,23-25,33H,3,7,15-16,18H2,1-2H3/t19-,23+,24-,25?,29+,30+/m1/s1. The quantitative estimate of drug-likeness (QED) is 0.496. The molecule has 0 aliphatic carbocycles. The molecule has 0 saturated carbocycles. The Morgan fingerprint density at radius 3 is 2.58 bits per heavy atom. The number of anilines is 1. The first-order valence-electron chi connectivity index (χ1n) is 13.3. The van der Waals surface area contributed by atoms with E-state index >= 15 is 0 Å². The molecule has 38 heavy (non-hydrogen) atoms. The summed E-state index contributed by atoms with van der Waals surface area (Å²) in [6.45, 7) is 3.81. The summed E-state index contributed by atoms with van der Waals surface area (Å²) < 4.78 is 12.4. The number of rotatable bonds is 4. The molecule has 0 radical (unpaired) electrons. The average Bonchev–Trinajstić information content (AvgIpc) is 3.28. The van der Waals surface area contributed by atoms with Crippen molar-refractivity contribution in [1.82, 2.24) is 4.90 Å². The average molecular weight is 517 g/mol. The minimum absolute atomic E-state index is 0.226. The van der Waals surface area contributed by atoms with E-state index in [0.29, 0.717) is 18.5 Å². The minimum Gasteiger partial charge on any atom is -0.465 e. The molecule has 8 heteroatoms. The summed E-state index contributed by atoms with van der Waals surface area (Å²) in [5, 5.41) is 12.2. The fourth-order valence-electron chi connectivity index (χ4n) is 6.81. The lowest BCUT2D eigenvalue weighted by Crippen LogP contribution is -2.58. The highest BCUT2D eigenvalue weighted by atomic mass is 16.6. The monoisotopic (exact) mass is 516 g/mol. The maximum absolute atomic E-state index is 14.5. The molecule has 4 aliphatic heterocycles. The highest BCUT2D eigenvalue weighted by molar-refractivity contribution is 6.06. The van der Waals surface area contributed by atoms with Gasteiger partial charge in [0.2, 0.25) is 5.91 Å². The number of nitrogens with zero attached hydrogens (tertiary/aromatic N) is 2. The second-order valence-corrected chi connectivity index (χ2v) is 10.6. The summed E-state index contributed by atoms with van der Waals surface area (Å²) in [6, 6.07) is 12.1. The number of fused-ring (bicyclic) bond motifs is 3. The Morgan fingerprint density at radius 1 is 1.03 bits per heavy atom. The third kappa shape index (κ3) is 3.39. The zero-order valence-corrected chi connectivity index (χ0v) is 21.6. The number of ether oxygens (including phenoxy) is 2. The summed E-state index contributed by atoms with van der Waals surface area (Å²) in [4.78, 5) is 45.2. The summed E-state index contributed by atoms with van der Waals surface area (Å²) >= 11 is 0. The number of amides is 2.